The first-order valence-electron chi connectivity index (χ1n) is 11.1. The number of anilines is 3. The molecule has 1 heterocycles. The summed E-state index contributed by atoms with van der Waals surface area (Å²) in [5.41, 5.74) is 10.6. The first-order valence-corrected chi connectivity index (χ1v) is 11.1. The molecule has 178 valence electrons. The van der Waals surface area contributed by atoms with Crippen molar-refractivity contribution in [2.24, 2.45) is 11.5 Å². The molecule has 10 nitrogen and oxygen atoms in total. The molecule has 0 spiro atoms. The third-order valence-corrected chi connectivity index (χ3v) is 5.82. The molecule has 1 aromatic carbocycles. The van der Waals surface area contributed by atoms with Crippen molar-refractivity contribution in [2.75, 3.05) is 23.7 Å². The Morgan fingerprint density at radius 3 is 2.58 bits per heavy atom. The third-order valence-electron chi connectivity index (χ3n) is 5.82. The molecule has 11 heteroatoms. The predicted molar refractivity (Wildman–Crippen MR) is 124 cm³/mol. The minimum atomic E-state index is -0.978. The van der Waals surface area contributed by atoms with Crippen LogP contribution in [0.15, 0.2) is 23.0 Å². The van der Waals surface area contributed by atoms with Gasteiger partial charge in [-0.15, -0.1) is 0 Å². The molecule has 2 aromatic rings. The van der Waals surface area contributed by atoms with Gasteiger partial charge in [-0.25, -0.2) is 4.39 Å². The molecule has 2 atom stereocenters. The molecular formula is C22H30FN7O3. The van der Waals surface area contributed by atoms with Crippen LogP contribution in [-0.4, -0.2) is 51.9 Å². The van der Waals surface area contributed by atoms with Crippen LogP contribution in [0.4, 0.5) is 21.8 Å². The number of amides is 2. The van der Waals surface area contributed by atoms with Crippen LogP contribution in [0.25, 0.3) is 0 Å². The number of halogens is 1. The average Bonchev–Trinajstić information content (AvgIpc) is 2.77. The van der Waals surface area contributed by atoms with Gasteiger partial charge in [-0.1, -0.05) is 12.8 Å². The van der Waals surface area contributed by atoms with Crippen molar-refractivity contribution in [1.82, 2.24) is 14.9 Å². The Labute approximate surface area is 190 Å². The van der Waals surface area contributed by atoms with Gasteiger partial charge in [-0.05, 0) is 44.9 Å². The van der Waals surface area contributed by atoms with Crippen LogP contribution in [0.5, 0.6) is 0 Å². The maximum absolute atomic E-state index is 14.4. The summed E-state index contributed by atoms with van der Waals surface area (Å²) in [5.74, 6) is -2.10. The monoisotopic (exact) mass is 459 g/mol. The fourth-order valence-corrected chi connectivity index (χ4v) is 3.96. The number of hydrogen-bond donors (Lipinski definition) is 5. The van der Waals surface area contributed by atoms with Crippen molar-refractivity contribution >= 4 is 29.3 Å². The lowest BCUT2D eigenvalue weighted by Gasteiger charge is -2.29. The molecular weight excluding hydrogens is 429 g/mol. The zero-order chi connectivity index (χ0) is 24.1. The molecule has 0 bridgehead atoms. The van der Waals surface area contributed by atoms with Crippen molar-refractivity contribution in [3.05, 3.63) is 45.5 Å². The van der Waals surface area contributed by atoms with Gasteiger partial charge in [0.25, 0.3) is 17.4 Å². The summed E-state index contributed by atoms with van der Waals surface area (Å²) in [5, 5.41) is 5.97. The normalized spacial score (nSPS) is 17.9. The van der Waals surface area contributed by atoms with Crippen molar-refractivity contribution < 1.29 is 14.0 Å². The Morgan fingerprint density at radius 1 is 1.24 bits per heavy atom. The first-order chi connectivity index (χ1) is 15.7. The minimum absolute atomic E-state index is 0.0849. The van der Waals surface area contributed by atoms with E-state index in [1.54, 1.807) is 13.8 Å². The molecule has 0 saturated heterocycles. The Hall–Kier alpha value is -3.47. The van der Waals surface area contributed by atoms with Gasteiger partial charge in [0.2, 0.25) is 5.95 Å². The number of nitrogens with one attached hydrogen (secondary N) is 3. The maximum Gasteiger partial charge on any atom is 0.267 e. The van der Waals surface area contributed by atoms with Gasteiger partial charge in [0.05, 0.1) is 5.56 Å². The molecule has 1 saturated carbocycles. The Kier molecular flexibility index (Phi) is 7.64. The summed E-state index contributed by atoms with van der Waals surface area (Å²) in [6.45, 7) is 4.44. The Morgan fingerprint density at radius 2 is 1.94 bits per heavy atom. The number of hydrogen-bond acceptors (Lipinski definition) is 7. The number of carbonyl (C=O) groups is 2. The predicted octanol–water partition coefficient (Wildman–Crippen LogP) is 1.92. The van der Waals surface area contributed by atoms with Gasteiger partial charge in [-0.3, -0.25) is 19.4 Å². The zero-order valence-corrected chi connectivity index (χ0v) is 18.8. The van der Waals surface area contributed by atoms with Crippen LogP contribution in [0.3, 0.4) is 0 Å². The Balaban J connectivity index is 1.96. The second-order valence-corrected chi connectivity index (χ2v) is 8.00. The molecule has 3 rings (SSSR count). The van der Waals surface area contributed by atoms with E-state index in [0.717, 1.165) is 31.7 Å². The Bertz CT molecular complexity index is 1080. The summed E-state index contributed by atoms with van der Waals surface area (Å²) in [4.78, 5) is 45.5. The second-order valence-electron chi connectivity index (χ2n) is 8.00. The fourth-order valence-electron chi connectivity index (χ4n) is 3.96. The van der Waals surface area contributed by atoms with Crippen LogP contribution in [0, 0.1) is 5.82 Å². The number of aromatic amines is 1. The van der Waals surface area contributed by atoms with E-state index in [2.05, 4.69) is 20.6 Å². The van der Waals surface area contributed by atoms with E-state index in [9.17, 15) is 18.8 Å². The molecule has 33 heavy (non-hydrogen) atoms. The molecule has 0 unspecified atom stereocenters. The number of aromatic nitrogens is 2. The number of rotatable bonds is 8. The highest BCUT2D eigenvalue weighted by atomic mass is 19.1. The van der Waals surface area contributed by atoms with E-state index in [-0.39, 0.29) is 40.7 Å². The molecule has 1 fully saturated rings. The van der Waals surface area contributed by atoms with Crippen LogP contribution in [0.1, 0.15) is 60.2 Å². The highest BCUT2D eigenvalue weighted by Gasteiger charge is 2.24. The number of nitrogens with zero attached hydrogens (tertiary/aromatic N) is 2. The SMILES string of the molecule is CCN(CC)C(=O)c1cc(Nc2nc(N[C@H]3CCCC[C@@H]3N)[nH]c(=O)c2C(N)=O)ccc1F. The topological polar surface area (TPSA) is 159 Å². The van der Waals surface area contributed by atoms with E-state index in [0.29, 0.717) is 13.1 Å². The van der Waals surface area contributed by atoms with Gasteiger partial charge >= 0.3 is 0 Å². The standard InChI is InChI=1S/C22H30FN7O3/c1-3-30(4-2)21(33)13-11-12(9-10-14(13)23)26-19-17(18(25)31)20(32)29-22(28-19)27-16-8-6-5-7-15(16)24/h9-11,15-16H,3-8,24H2,1-2H3,(H2,25,31)(H3,26,27,28,29,32)/t15-,16-/m0/s1. The molecule has 7 N–H and O–H groups in total. The molecule has 0 radical (unpaired) electrons. The van der Waals surface area contributed by atoms with Gasteiger partial charge in [0, 0.05) is 30.9 Å². The molecule has 1 aliphatic carbocycles. The fraction of sp³-hybridized carbons (Fsp3) is 0.455. The third kappa shape index (κ3) is 5.48. The number of H-pyrrole nitrogens is 1. The quantitative estimate of drug-likeness (QED) is 0.403. The van der Waals surface area contributed by atoms with Gasteiger partial charge < -0.3 is 27.0 Å². The second kappa shape index (κ2) is 10.4. The van der Waals surface area contributed by atoms with E-state index in [4.69, 9.17) is 11.5 Å². The van der Waals surface area contributed by atoms with Crippen molar-refractivity contribution in [3.63, 3.8) is 0 Å². The molecule has 1 aliphatic rings. The van der Waals surface area contributed by atoms with Crippen LogP contribution in [0.2, 0.25) is 0 Å². The average molecular weight is 460 g/mol. The summed E-state index contributed by atoms with van der Waals surface area (Å²) in [6.07, 6.45) is 3.71. The van der Waals surface area contributed by atoms with E-state index in [1.807, 2.05) is 0 Å². The smallest absolute Gasteiger partial charge is 0.267 e. The largest absolute Gasteiger partial charge is 0.365 e. The van der Waals surface area contributed by atoms with Gasteiger partial charge in [0.15, 0.2) is 5.82 Å². The number of carbonyl (C=O) groups excluding carboxylic acids is 2. The first kappa shape index (κ1) is 24.2. The lowest BCUT2D eigenvalue weighted by molar-refractivity contribution is 0.0768. The van der Waals surface area contributed by atoms with Gasteiger partial charge in [-0.2, -0.15) is 4.98 Å². The number of primary amides is 1. The lowest BCUT2D eigenvalue weighted by Crippen LogP contribution is -2.43. The summed E-state index contributed by atoms with van der Waals surface area (Å²) < 4.78 is 14.4. The zero-order valence-electron chi connectivity index (χ0n) is 18.8. The summed E-state index contributed by atoms with van der Waals surface area (Å²) in [7, 11) is 0. The van der Waals surface area contributed by atoms with E-state index in [1.165, 1.54) is 17.0 Å². The summed E-state index contributed by atoms with van der Waals surface area (Å²) in [6, 6.07) is 3.65. The van der Waals surface area contributed by atoms with Crippen molar-refractivity contribution in [3.8, 4) is 0 Å². The van der Waals surface area contributed by atoms with Crippen LogP contribution < -0.4 is 27.7 Å². The van der Waals surface area contributed by atoms with Crippen molar-refractivity contribution in [2.45, 2.75) is 51.6 Å². The van der Waals surface area contributed by atoms with Crippen LogP contribution >= 0.6 is 0 Å². The summed E-state index contributed by atoms with van der Waals surface area (Å²) >= 11 is 0. The van der Waals surface area contributed by atoms with E-state index >= 15 is 0 Å². The van der Waals surface area contributed by atoms with E-state index < -0.39 is 23.2 Å². The molecule has 2 amide bonds. The maximum atomic E-state index is 14.4. The number of benzene rings is 1. The highest BCUT2D eigenvalue weighted by molar-refractivity contribution is 5.99. The highest BCUT2D eigenvalue weighted by Crippen LogP contribution is 2.23. The van der Waals surface area contributed by atoms with Crippen molar-refractivity contribution in [1.29, 1.82) is 0 Å². The van der Waals surface area contributed by atoms with Gasteiger partial charge in [0.1, 0.15) is 11.4 Å². The van der Waals surface area contributed by atoms with Crippen LogP contribution in [-0.2, 0) is 0 Å². The molecule has 1 aromatic heterocycles. The number of nitrogens with two attached hydrogens (primary N) is 2. The minimum Gasteiger partial charge on any atom is -0.365 e. The lowest BCUT2D eigenvalue weighted by atomic mass is 9.91. The molecule has 0 aliphatic heterocycles.